The van der Waals surface area contributed by atoms with Crippen LogP contribution in [0.25, 0.3) is 10.9 Å². The van der Waals surface area contributed by atoms with Crippen LogP contribution in [0, 0.1) is 0 Å². The van der Waals surface area contributed by atoms with Gasteiger partial charge in [0.05, 0.1) is 17.1 Å². The van der Waals surface area contributed by atoms with Crippen LogP contribution in [0.4, 0.5) is 11.5 Å². The Labute approximate surface area is 151 Å². The molecule has 1 aromatic heterocycles. The average Bonchev–Trinajstić information content (AvgIpc) is 2.60. The third-order valence-corrected chi connectivity index (χ3v) is 4.07. The highest BCUT2D eigenvalue weighted by atomic mass is 16.4. The van der Waals surface area contributed by atoms with Gasteiger partial charge in [-0.1, -0.05) is 18.2 Å². The number of benzene rings is 2. The van der Waals surface area contributed by atoms with Crippen LogP contribution in [0.3, 0.4) is 0 Å². The third kappa shape index (κ3) is 3.73. The van der Waals surface area contributed by atoms with E-state index in [9.17, 15) is 9.90 Å². The number of carboxylic acid groups (broad SMARTS) is 1. The molecule has 3 aromatic rings. The maximum absolute atomic E-state index is 11.5. The lowest BCUT2D eigenvalue weighted by Gasteiger charge is -2.24. The molecule has 2 aromatic carbocycles. The molecule has 0 fully saturated rings. The summed E-state index contributed by atoms with van der Waals surface area (Å²) in [6, 6.07) is 12.7. The Morgan fingerprint density at radius 2 is 2.00 bits per heavy atom. The van der Waals surface area contributed by atoms with Crippen molar-refractivity contribution in [2.24, 2.45) is 0 Å². The van der Waals surface area contributed by atoms with Gasteiger partial charge in [0.25, 0.3) is 0 Å². The number of nitrogens with two attached hydrogens (primary N) is 1. The van der Waals surface area contributed by atoms with Crippen LogP contribution >= 0.6 is 0 Å². The first-order valence-electron chi connectivity index (χ1n) is 8.19. The van der Waals surface area contributed by atoms with Gasteiger partial charge < -0.3 is 21.1 Å². The van der Waals surface area contributed by atoms with Crippen molar-refractivity contribution >= 4 is 28.4 Å². The zero-order chi connectivity index (χ0) is 18.7. The van der Waals surface area contributed by atoms with Gasteiger partial charge in [-0.05, 0) is 43.9 Å². The lowest BCUT2D eigenvalue weighted by Crippen LogP contribution is -2.26. The van der Waals surface area contributed by atoms with E-state index in [2.05, 4.69) is 20.2 Å². The van der Waals surface area contributed by atoms with Crippen LogP contribution in [-0.4, -0.2) is 46.6 Å². The van der Waals surface area contributed by atoms with Crippen molar-refractivity contribution in [3.63, 3.8) is 0 Å². The number of carbonyl (C=O) groups is 1. The van der Waals surface area contributed by atoms with Gasteiger partial charge in [-0.3, -0.25) is 0 Å². The number of hydrogen-bond donors (Lipinski definition) is 3. The van der Waals surface area contributed by atoms with Crippen molar-refractivity contribution in [1.29, 1.82) is 0 Å². The number of likely N-dealkylation sites (N-methyl/N-ethyl adjacent to an activating group) is 1. The second-order valence-electron chi connectivity index (χ2n) is 6.36. The van der Waals surface area contributed by atoms with Gasteiger partial charge in [0.2, 0.25) is 0 Å². The SMILES string of the molecule is CN(C)CC(Nc1ncnc2c(C(=O)O)cccc12)c1cccc(N)c1. The minimum atomic E-state index is -1.01. The summed E-state index contributed by atoms with van der Waals surface area (Å²) in [7, 11) is 3.98. The smallest absolute Gasteiger partial charge is 0.337 e. The van der Waals surface area contributed by atoms with Gasteiger partial charge >= 0.3 is 5.97 Å². The number of para-hydroxylation sites is 1. The summed E-state index contributed by atoms with van der Waals surface area (Å²) in [5, 5.41) is 13.5. The van der Waals surface area contributed by atoms with Gasteiger partial charge in [-0.15, -0.1) is 0 Å². The molecule has 0 saturated heterocycles. The average molecular weight is 351 g/mol. The summed E-state index contributed by atoms with van der Waals surface area (Å²) in [6.45, 7) is 0.716. The first-order chi connectivity index (χ1) is 12.5. The van der Waals surface area contributed by atoms with Crippen molar-refractivity contribution < 1.29 is 9.90 Å². The second-order valence-corrected chi connectivity index (χ2v) is 6.36. The van der Waals surface area contributed by atoms with Crippen LogP contribution in [0.15, 0.2) is 48.8 Å². The molecule has 134 valence electrons. The van der Waals surface area contributed by atoms with Crippen molar-refractivity contribution in [1.82, 2.24) is 14.9 Å². The Morgan fingerprint density at radius 1 is 1.23 bits per heavy atom. The van der Waals surface area contributed by atoms with E-state index in [0.29, 0.717) is 29.0 Å². The van der Waals surface area contributed by atoms with Gasteiger partial charge in [-0.2, -0.15) is 0 Å². The summed E-state index contributed by atoms with van der Waals surface area (Å²) in [6.07, 6.45) is 1.38. The number of rotatable bonds is 6. The molecule has 1 atom stereocenters. The molecular weight excluding hydrogens is 330 g/mol. The highest BCUT2D eigenvalue weighted by Gasteiger charge is 2.17. The van der Waals surface area contributed by atoms with Crippen LogP contribution in [0.1, 0.15) is 22.0 Å². The number of nitrogens with one attached hydrogen (secondary N) is 1. The number of nitrogens with zero attached hydrogens (tertiary/aromatic N) is 3. The van der Waals surface area contributed by atoms with E-state index in [0.717, 1.165) is 5.56 Å². The zero-order valence-electron chi connectivity index (χ0n) is 14.7. The maximum Gasteiger partial charge on any atom is 0.337 e. The first kappa shape index (κ1) is 17.6. The Morgan fingerprint density at radius 3 is 2.69 bits per heavy atom. The predicted octanol–water partition coefficient (Wildman–Crippen LogP) is 2.62. The molecule has 26 heavy (non-hydrogen) atoms. The van der Waals surface area contributed by atoms with Gasteiger partial charge in [-0.25, -0.2) is 14.8 Å². The largest absolute Gasteiger partial charge is 0.478 e. The quantitative estimate of drug-likeness (QED) is 0.586. The summed E-state index contributed by atoms with van der Waals surface area (Å²) in [5.41, 5.74) is 8.21. The van der Waals surface area contributed by atoms with E-state index in [1.165, 1.54) is 12.4 Å². The number of aromatic nitrogens is 2. The molecule has 3 rings (SSSR count). The molecule has 1 unspecified atom stereocenters. The molecule has 0 bridgehead atoms. The molecule has 1 heterocycles. The summed E-state index contributed by atoms with van der Waals surface area (Å²) < 4.78 is 0. The molecule has 0 aliphatic carbocycles. The number of hydrogen-bond acceptors (Lipinski definition) is 6. The predicted molar refractivity (Wildman–Crippen MR) is 102 cm³/mol. The Balaban J connectivity index is 2.04. The van der Waals surface area contributed by atoms with Crippen LogP contribution in [0.5, 0.6) is 0 Å². The van der Waals surface area contributed by atoms with Crippen molar-refractivity contribution in [3.8, 4) is 0 Å². The monoisotopic (exact) mass is 351 g/mol. The highest BCUT2D eigenvalue weighted by Crippen LogP contribution is 2.27. The van der Waals surface area contributed by atoms with E-state index in [4.69, 9.17) is 5.73 Å². The van der Waals surface area contributed by atoms with Gasteiger partial charge in [0, 0.05) is 17.6 Å². The number of anilines is 2. The van der Waals surface area contributed by atoms with Crippen molar-refractivity contribution in [2.75, 3.05) is 31.7 Å². The number of aromatic carboxylic acids is 1. The molecule has 0 aliphatic rings. The van der Waals surface area contributed by atoms with E-state index in [1.807, 2.05) is 44.4 Å². The zero-order valence-corrected chi connectivity index (χ0v) is 14.7. The van der Waals surface area contributed by atoms with Crippen molar-refractivity contribution in [2.45, 2.75) is 6.04 Å². The molecule has 0 radical (unpaired) electrons. The van der Waals surface area contributed by atoms with E-state index in [1.54, 1.807) is 6.07 Å². The topological polar surface area (TPSA) is 104 Å². The molecule has 7 nitrogen and oxygen atoms in total. The molecule has 0 aliphatic heterocycles. The molecule has 4 N–H and O–H groups in total. The normalized spacial score (nSPS) is 12.3. The Bertz CT molecular complexity index is 942. The fourth-order valence-corrected chi connectivity index (χ4v) is 2.92. The van der Waals surface area contributed by atoms with E-state index >= 15 is 0 Å². The minimum absolute atomic E-state index is 0.0694. The summed E-state index contributed by atoms with van der Waals surface area (Å²) >= 11 is 0. The van der Waals surface area contributed by atoms with Crippen LogP contribution in [-0.2, 0) is 0 Å². The van der Waals surface area contributed by atoms with Crippen LogP contribution in [0.2, 0.25) is 0 Å². The Kier molecular flexibility index (Phi) is 4.99. The molecule has 7 heteroatoms. The maximum atomic E-state index is 11.5. The van der Waals surface area contributed by atoms with E-state index in [-0.39, 0.29) is 11.6 Å². The fraction of sp³-hybridized carbons (Fsp3) is 0.211. The van der Waals surface area contributed by atoms with Crippen molar-refractivity contribution in [3.05, 3.63) is 59.9 Å². The molecule has 0 amide bonds. The third-order valence-electron chi connectivity index (χ3n) is 4.07. The Hall–Kier alpha value is -3.19. The summed E-state index contributed by atoms with van der Waals surface area (Å²) in [4.78, 5) is 22.0. The minimum Gasteiger partial charge on any atom is -0.478 e. The summed E-state index contributed by atoms with van der Waals surface area (Å²) in [5.74, 6) is -0.423. The fourth-order valence-electron chi connectivity index (χ4n) is 2.92. The molecule has 0 saturated carbocycles. The number of fused-ring (bicyclic) bond motifs is 1. The number of carboxylic acids is 1. The first-order valence-corrected chi connectivity index (χ1v) is 8.19. The van der Waals surface area contributed by atoms with Gasteiger partial charge in [0.15, 0.2) is 0 Å². The molecular formula is C19H21N5O2. The van der Waals surface area contributed by atoms with E-state index < -0.39 is 5.97 Å². The van der Waals surface area contributed by atoms with Gasteiger partial charge in [0.1, 0.15) is 12.1 Å². The lowest BCUT2D eigenvalue weighted by atomic mass is 10.0. The molecule has 0 spiro atoms. The number of nitrogen functional groups attached to an aromatic ring is 1. The standard InChI is InChI=1S/C19H21N5O2/c1-24(2)10-16(12-5-3-6-13(20)9-12)23-18-14-7-4-8-15(19(25)26)17(14)21-11-22-18/h3-9,11,16H,10,20H2,1-2H3,(H,25,26)(H,21,22,23). The second kappa shape index (κ2) is 7.37. The van der Waals surface area contributed by atoms with Crippen LogP contribution < -0.4 is 11.1 Å². The highest BCUT2D eigenvalue weighted by molar-refractivity contribution is 6.04. The lowest BCUT2D eigenvalue weighted by molar-refractivity contribution is 0.0699.